The zero-order chi connectivity index (χ0) is 17.2. The van der Waals surface area contributed by atoms with Crippen molar-refractivity contribution in [3.8, 4) is 0 Å². The summed E-state index contributed by atoms with van der Waals surface area (Å²) in [5.74, 6) is 1.73. The quantitative estimate of drug-likeness (QED) is 0.742. The molecule has 0 N–H and O–H groups in total. The standard InChI is InChI=1S/C19H33N3O3/c1-20-6-8-21(9-7-20)13-18-17-12-22(5-2-16(17)14-25-18)19(23)15-3-10-24-11-4-15/h15-18H,2-14H2,1H3/t16-,17-,18+/m0/s1. The molecule has 4 saturated heterocycles. The average molecular weight is 351 g/mol. The zero-order valence-corrected chi connectivity index (χ0v) is 15.6. The summed E-state index contributed by atoms with van der Waals surface area (Å²) in [7, 11) is 2.19. The third-order valence-corrected chi connectivity index (χ3v) is 6.72. The lowest BCUT2D eigenvalue weighted by Crippen LogP contribution is -2.51. The van der Waals surface area contributed by atoms with Crippen LogP contribution in [0.3, 0.4) is 0 Å². The van der Waals surface area contributed by atoms with Gasteiger partial charge in [0, 0.05) is 70.9 Å². The van der Waals surface area contributed by atoms with Gasteiger partial charge in [0.15, 0.2) is 0 Å². The van der Waals surface area contributed by atoms with Crippen LogP contribution in [-0.4, -0.2) is 99.4 Å². The van der Waals surface area contributed by atoms with E-state index in [2.05, 4.69) is 21.7 Å². The van der Waals surface area contributed by atoms with Crippen molar-refractivity contribution in [1.29, 1.82) is 0 Å². The van der Waals surface area contributed by atoms with Gasteiger partial charge in [0.05, 0.1) is 12.7 Å². The van der Waals surface area contributed by atoms with Crippen LogP contribution in [0, 0.1) is 17.8 Å². The molecule has 4 aliphatic heterocycles. The fourth-order valence-corrected chi connectivity index (χ4v) is 4.91. The first kappa shape index (κ1) is 17.7. The maximum atomic E-state index is 12.9. The van der Waals surface area contributed by atoms with E-state index >= 15 is 0 Å². The number of likely N-dealkylation sites (tertiary alicyclic amines) is 1. The normalized spacial score (nSPS) is 35.7. The molecule has 0 aromatic carbocycles. The second-order valence-electron chi connectivity index (χ2n) is 8.36. The highest BCUT2D eigenvalue weighted by Gasteiger charge is 2.43. The van der Waals surface area contributed by atoms with Crippen LogP contribution < -0.4 is 0 Å². The first-order chi connectivity index (χ1) is 12.2. The summed E-state index contributed by atoms with van der Waals surface area (Å²) in [5, 5.41) is 0. The Balaban J connectivity index is 1.33. The molecule has 0 unspecified atom stereocenters. The number of carbonyl (C=O) groups excluding carboxylic acids is 1. The second kappa shape index (κ2) is 7.91. The Morgan fingerprint density at radius 2 is 1.80 bits per heavy atom. The number of hydrogen-bond donors (Lipinski definition) is 0. The van der Waals surface area contributed by atoms with E-state index in [0.29, 0.717) is 23.8 Å². The van der Waals surface area contributed by atoms with Gasteiger partial charge in [-0.1, -0.05) is 0 Å². The van der Waals surface area contributed by atoms with Crippen LogP contribution >= 0.6 is 0 Å². The largest absolute Gasteiger partial charge is 0.381 e. The molecule has 25 heavy (non-hydrogen) atoms. The van der Waals surface area contributed by atoms with E-state index in [4.69, 9.17) is 9.47 Å². The van der Waals surface area contributed by atoms with Gasteiger partial charge in [-0.3, -0.25) is 9.69 Å². The molecule has 6 heteroatoms. The van der Waals surface area contributed by atoms with Gasteiger partial charge in [0.25, 0.3) is 0 Å². The van der Waals surface area contributed by atoms with E-state index in [9.17, 15) is 4.79 Å². The smallest absolute Gasteiger partial charge is 0.225 e. The third-order valence-electron chi connectivity index (χ3n) is 6.72. The number of fused-ring (bicyclic) bond motifs is 1. The summed E-state index contributed by atoms with van der Waals surface area (Å²) in [6, 6.07) is 0. The number of nitrogens with zero attached hydrogens (tertiary/aromatic N) is 3. The van der Waals surface area contributed by atoms with Crippen molar-refractivity contribution in [2.45, 2.75) is 25.4 Å². The molecule has 0 aliphatic carbocycles. The Bertz CT molecular complexity index is 461. The molecular formula is C19H33N3O3. The minimum atomic E-state index is 0.184. The molecule has 1 amide bonds. The van der Waals surface area contributed by atoms with E-state index in [1.165, 1.54) is 0 Å². The van der Waals surface area contributed by atoms with E-state index in [1.54, 1.807) is 0 Å². The summed E-state index contributed by atoms with van der Waals surface area (Å²) < 4.78 is 11.6. The number of rotatable bonds is 3. The SMILES string of the molecule is CN1CCN(C[C@H]2OC[C@@H]3CCN(C(=O)C4CCOCC4)C[C@@H]32)CC1. The summed E-state index contributed by atoms with van der Waals surface area (Å²) in [4.78, 5) is 20.0. The van der Waals surface area contributed by atoms with Gasteiger partial charge >= 0.3 is 0 Å². The molecule has 0 aromatic heterocycles. The van der Waals surface area contributed by atoms with E-state index in [1.807, 2.05) is 0 Å². The molecule has 0 radical (unpaired) electrons. The van der Waals surface area contributed by atoms with Gasteiger partial charge in [-0.2, -0.15) is 0 Å². The molecule has 0 aromatic rings. The summed E-state index contributed by atoms with van der Waals surface area (Å²) in [6.45, 7) is 9.80. The van der Waals surface area contributed by atoms with Crippen molar-refractivity contribution in [2.24, 2.45) is 17.8 Å². The van der Waals surface area contributed by atoms with Gasteiger partial charge in [0.1, 0.15) is 0 Å². The fourth-order valence-electron chi connectivity index (χ4n) is 4.91. The van der Waals surface area contributed by atoms with E-state index in [0.717, 1.165) is 84.9 Å². The van der Waals surface area contributed by atoms with Gasteiger partial charge < -0.3 is 19.3 Å². The summed E-state index contributed by atoms with van der Waals surface area (Å²) >= 11 is 0. The van der Waals surface area contributed by atoms with Crippen LogP contribution in [0.4, 0.5) is 0 Å². The van der Waals surface area contributed by atoms with Crippen LogP contribution in [0.15, 0.2) is 0 Å². The first-order valence-electron chi connectivity index (χ1n) is 10.1. The number of piperazine rings is 1. The second-order valence-corrected chi connectivity index (χ2v) is 8.36. The molecule has 3 atom stereocenters. The molecule has 4 aliphatic rings. The van der Waals surface area contributed by atoms with Crippen LogP contribution in [0.25, 0.3) is 0 Å². The Morgan fingerprint density at radius 3 is 2.56 bits per heavy atom. The molecule has 4 heterocycles. The molecule has 0 bridgehead atoms. The lowest BCUT2D eigenvalue weighted by atomic mass is 9.83. The lowest BCUT2D eigenvalue weighted by Gasteiger charge is -2.40. The Kier molecular flexibility index (Phi) is 5.60. The number of likely N-dealkylation sites (N-methyl/N-ethyl adjacent to an activating group) is 1. The predicted octanol–water partition coefficient (Wildman–Crippen LogP) is 0.524. The van der Waals surface area contributed by atoms with Crippen molar-refractivity contribution in [1.82, 2.24) is 14.7 Å². The van der Waals surface area contributed by atoms with Crippen LogP contribution in [-0.2, 0) is 14.3 Å². The Morgan fingerprint density at radius 1 is 1.04 bits per heavy atom. The summed E-state index contributed by atoms with van der Waals surface area (Å²) in [5.41, 5.74) is 0. The maximum absolute atomic E-state index is 12.9. The maximum Gasteiger partial charge on any atom is 0.225 e. The monoisotopic (exact) mass is 351 g/mol. The number of carbonyl (C=O) groups is 1. The van der Waals surface area contributed by atoms with Crippen LogP contribution in [0.5, 0.6) is 0 Å². The molecule has 142 valence electrons. The van der Waals surface area contributed by atoms with Crippen LogP contribution in [0.1, 0.15) is 19.3 Å². The van der Waals surface area contributed by atoms with E-state index < -0.39 is 0 Å². The first-order valence-corrected chi connectivity index (χ1v) is 10.1. The molecule has 0 spiro atoms. The minimum absolute atomic E-state index is 0.184. The van der Waals surface area contributed by atoms with E-state index in [-0.39, 0.29) is 5.92 Å². The summed E-state index contributed by atoms with van der Waals surface area (Å²) in [6.07, 6.45) is 3.20. The van der Waals surface area contributed by atoms with Gasteiger partial charge in [0.2, 0.25) is 5.91 Å². The number of hydrogen-bond acceptors (Lipinski definition) is 5. The van der Waals surface area contributed by atoms with Gasteiger partial charge in [-0.25, -0.2) is 0 Å². The highest BCUT2D eigenvalue weighted by Crippen LogP contribution is 2.35. The average Bonchev–Trinajstić information content (AvgIpc) is 3.06. The molecule has 4 fully saturated rings. The zero-order valence-electron chi connectivity index (χ0n) is 15.6. The molecule has 0 saturated carbocycles. The fraction of sp³-hybridized carbons (Fsp3) is 0.947. The predicted molar refractivity (Wildman–Crippen MR) is 95.4 cm³/mol. The number of amides is 1. The molecular weight excluding hydrogens is 318 g/mol. The van der Waals surface area contributed by atoms with Crippen molar-refractivity contribution in [2.75, 3.05) is 72.7 Å². The van der Waals surface area contributed by atoms with Crippen molar-refractivity contribution in [3.63, 3.8) is 0 Å². The Hall–Kier alpha value is -0.690. The third kappa shape index (κ3) is 4.02. The highest BCUT2D eigenvalue weighted by molar-refractivity contribution is 5.79. The van der Waals surface area contributed by atoms with Crippen molar-refractivity contribution in [3.05, 3.63) is 0 Å². The lowest BCUT2D eigenvalue weighted by molar-refractivity contribution is -0.141. The molecule has 4 rings (SSSR count). The topological polar surface area (TPSA) is 45.2 Å². The Labute approximate surface area is 151 Å². The van der Waals surface area contributed by atoms with Crippen molar-refractivity contribution < 1.29 is 14.3 Å². The van der Waals surface area contributed by atoms with Crippen LogP contribution in [0.2, 0.25) is 0 Å². The van der Waals surface area contributed by atoms with Gasteiger partial charge in [-0.05, 0) is 32.2 Å². The minimum Gasteiger partial charge on any atom is -0.381 e. The molecule has 6 nitrogen and oxygen atoms in total. The number of ether oxygens (including phenoxy) is 2. The highest BCUT2D eigenvalue weighted by atomic mass is 16.5. The number of piperidine rings is 1. The van der Waals surface area contributed by atoms with Crippen molar-refractivity contribution >= 4 is 5.91 Å². The van der Waals surface area contributed by atoms with Gasteiger partial charge in [-0.15, -0.1) is 0 Å².